The molecular weight excluding hydrogens is 462 g/mol. The molecule has 0 saturated carbocycles. The van der Waals surface area contributed by atoms with Gasteiger partial charge in [0.05, 0.1) is 25.0 Å². The largest absolute Gasteiger partial charge is 2.00 e. The van der Waals surface area contributed by atoms with Crippen LogP contribution in [-0.2, 0) is 38.7 Å². The van der Waals surface area contributed by atoms with E-state index >= 15 is 0 Å². The average molecular weight is 488 g/mol. The Morgan fingerprint density at radius 3 is 1.00 bits per heavy atom. The SMILES string of the molecule is O.O.O.O.O.O.O=C([O-])CN(CCN(CC(=O)O)CC(=O)O)CC(=O)[O-].[Mg+2].[Zn]. The van der Waals surface area contributed by atoms with Crippen molar-refractivity contribution in [1.82, 2.24) is 9.80 Å². The summed E-state index contributed by atoms with van der Waals surface area (Å²) in [6.07, 6.45) is 0. The van der Waals surface area contributed by atoms with Crippen molar-refractivity contribution < 1.29 is 91.9 Å². The summed E-state index contributed by atoms with van der Waals surface area (Å²) in [4.78, 5) is 43.9. The summed E-state index contributed by atoms with van der Waals surface area (Å²) in [7, 11) is 0. The Morgan fingerprint density at radius 1 is 0.607 bits per heavy atom. The van der Waals surface area contributed by atoms with Crippen molar-refractivity contribution in [3.8, 4) is 0 Å². The van der Waals surface area contributed by atoms with E-state index in [1.807, 2.05) is 0 Å². The van der Waals surface area contributed by atoms with Crippen molar-refractivity contribution >= 4 is 46.9 Å². The van der Waals surface area contributed by atoms with E-state index in [1.54, 1.807) is 0 Å². The first-order valence-electron chi connectivity index (χ1n) is 5.48. The third-order valence-corrected chi connectivity index (χ3v) is 2.16. The van der Waals surface area contributed by atoms with Gasteiger partial charge in [-0.25, -0.2) is 0 Å². The molecule has 0 radical (unpaired) electrons. The minimum absolute atomic E-state index is 0. The number of aliphatic carboxylic acids is 4. The number of carbonyl (C=O) groups is 4. The van der Waals surface area contributed by atoms with E-state index in [2.05, 4.69) is 0 Å². The smallest absolute Gasteiger partial charge is 0.549 e. The quantitative estimate of drug-likeness (QED) is 0.258. The molecule has 0 aliphatic rings. The maximum atomic E-state index is 10.5. The van der Waals surface area contributed by atoms with Crippen LogP contribution >= 0.6 is 0 Å². The molecule has 0 heterocycles. The predicted octanol–water partition coefficient (Wildman–Crippen LogP) is -10.1. The zero-order chi connectivity index (χ0) is 15.7. The first kappa shape index (κ1) is 56.3. The maximum absolute atomic E-state index is 10.5. The zero-order valence-electron chi connectivity index (χ0n) is 14.9. The van der Waals surface area contributed by atoms with Crippen LogP contribution in [0.3, 0.4) is 0 Å². The molecule has 0 unspecified atom stereocenters. The molecule has 14 N–H and O–H groups in total. The summed E-state index contributed by atoms with van der Waals surface area (Å²) >= 11 is 0. The number of nitrogens with zero attached hydrogens (tertiary/aromatic N) is 2. The van der Waals surface area contributed by atoms with Gasteiger partial charge in [-0.3, -0.25) is 19.4 Å². The average Bonchev–Trinajstić information content (AvgIpc) is 2.22. The summed E-state index contributed by atoms with van der Waals surface area (Å²) < 4.78 is 0. The third-order valence-electron chi connectivity index (χ3n) is 2.16. The van der Waals surface area contributed by atoms with Crippen molar-refractivity contribution in [3.63, 3.8) is 0 Å². The van der Waals surface area contributed by atoms with Gasteiger partial charge >= 0.3 is 35.0 Å². The molecule has 0 aromatic carbocycles. The Bertz CT molecular complexity index is 334. The fourth-order valence-electron chi connectivity index (χ4n) is 1.46. The third kappa shape index (κ3) is 36.0. The van der Waals surface area contributed by atoms with Gasteiger partial charge in [-0.1, -0.05) is 0 Å². The number of hydrogen-bond donors (Lipinski definition) is 2. The van der Waals surface area contributed by atoms with Gasteiger partial charge in [0.25, 0.3) is 0 Å². The Morgan fingerprint density at radius 2 is 0.821 bits per heavy atom. The van der Waals surface area contributed by atoms with E-state index in [9.17, 15) is 29.4 Å². The topological polar surface area (TPSA) is 350 Å². The molecule has 0 aliphatic carbocycles. The molecule has 16 nitrogen and oxygen atoms in total. The summed E-state index contributed by atoms with van der Waals surface area (Å²) in [5.41, 5.74) is 0. The van der Waals surface area contributed by atoms with E-state index in [4.69, 9.17) is 10.2 Å². The molecule has 0 fully saturated rings. The van der Waals surface area contributed by atoms with Crippen LogP contribution in [0.2, 0.25) is 0 Å². The molecular formula is C10H26MgN2O14Zn. The molecule has 0 aliphatic heterocycles. The van der Waals surface area contributed by atoms with Crippen molar-refractivity contribution in [3.05, 3.63) is 0 Å². The molecule has 0 atom stereocenters. The molecule has 164 valence electrons. The molecule has 0 aromatic heterocycles. The monoisotopic (exact) mass is 486 g/mol. The molecule has 28 heavy (non-hydrogen) atoms. The number of rotatable bonds is 11. The first-order valence-corrected chi connectivity index (χ1v) is 5.48. The molecule has 0 bridgehead atoms. The van der Waals surface area contributed by atoms with E-state index in [0.717, 1.165) is 9.80 Å². The first-order chi connectivity index (χ1) is 9.20. The van der Waals surface area contributed by atoms with Crippen LogP contribution in [0.25, 0.3) is 0 Å². The van der Waals surface area contributed by atoms with Gasteiger partial charge in [0, 0.05) is 45.7 Å². The normalized spacial score (nSPS) is 7.64. The maximum Gasteiger partial charge on any atom is 2.00 e. The van der Waals surface area contributed by atoms with Gasteiger partial charge in [0.1, 0.15) is 0 Å². The van der Waals surface area contributed by atoms with Crippen LogP contribution < -0.4 is 10.2 Å². The summed E-state index contributed by atoms with van der Waals surface area (Å²) in [5.74, 6) is -5.52. The Kier molecular flexibility index (Phi) is 61.7. The van der Waals surface area contributed by atoms with Crippen LogP contribution in [0.5, 0.6) is 0 Å². The molecule has 0 amide bonds. The van der Waals surface area contributed by atoms with E-state index < -0.39 is 50.1 Å². The molecule has 18 heteroatoms. The number of hydrogen-bond acceptors (Lipinski definition) is 8. The molecule has 0 spiro atoms. The van der Waals surface area contributed by atoms with Gasteiger partial charge in [0.15, 0.2) is 0 Å². The van der Waals surface area contributed by atoms with Crippen LogP contribution in [-0.4, -0.2) is 139 Å². The van der Waals surface area contributed by atoms with Crippen molar-refractivity contribution in [2.45, 2.75) is 0 Å². The van der Waals surface area contributed by atoms with Crippen molar-refractivity contribution in [2.24, 2.45) is 0 Å². The van der Waals surface area contributed by atoms with E-state index in [1.165, 1.54) is 0 Å². The standard InChI is InChI=1S/C10H16N2O8.Mg.6H2O.Zn/c13-7(14)3-11(4-8(15)16)1-2-12(5-9(17)18)6-10(19)20;;;;;;;;/h1-6H2,(H,13,14)(H,15,16)(H,17,18)(H,19,20);;6*1H2;/q;+2;;;;;;;/p-2. The number of carboxylic acid groups (broad SMARTS) is 4. The number of carboxylic acids is 4. The van der Waals surface area contributed by atoms with Crippen LogP contribution in [0.1, 0.15) is 0 Å². The summed E-state index contributed by atoms with van der Waals surface area (Å²) in [6.45, 7) is -2.75. The van der Waals surface area contributed by atoms with Crippen molar-refractivity contribution in [2.75, 3.05) is 39.3 Å². The molecule has 0 saturated heterocycles. The Hall–Kier alpha value is -1.05. The van der Waals surface area contributed by atoms with E-state index in [-0.39, 0.29) is 88.5 Å². The fourth-order valence-corrected chi connectivity index (χ4v) is 1.46. The zero-order valence-corrected chi connectivity index (χ0v) is 19.3. The summed E-state index contributed by atoms with van der Waals surface area (Å²) in [6, 6.07) is 0. The second-order valence-electron chi connectivity index (χ2n) is 3.95. The molecule has 0 aromatic rings. The second-order valence-corrected chi connectivity index (χ2v) is 3.95. The number of carbonyl (C=O) groups excluding carboxylic acids is 2. The Labute approximate surface area is 187 Å². The fraction of sp³-hybridized carbons (Fsp3) is 0.600. The van der Waals surface area contributed by atoms with Gasteiger partial charge < -0.3 is 62.9 Å². The van der Waals surface area contributed by atoms with E-state index in [0.29, 0.717) is 0 Å². The van der Waals surface area contributed by atoms with Gasteiger partial charge in [0.2, 0.25) is 0 Å². The van der Waals surface area contributed by atoms with Gasteiger partial charge in [-0.15, -0.1) is 0 Å². The van der Waals surface area contributed by atoms with Gasteiger partial charge in [-0.05, 0) is 0 Å². The second kappa shape index (κ2) is 30.7. The predicted molar refractivity (Wildman–Crippen MR) is 85.6 cm³/mol. The van der Waals surface area contributed by atoms with Gasteiger partial charge in [-0.2, -0.15) is 0 Å². The minimum Gasteiger partial charge on any atom is -0.549 e. The van der Waals surface area contributed by atoms with Crippen LogP contribution in [0.15, 0.2) is 0 Å². The van der Waals surface area contributed by atoms with Crippen LogP contribution in [0.4, 0.5) is 0 Å². The van der Waals surface area contributed by atoms with Crippen molar-refractivity contribution in [1.29, 1.82) is 0 Å². The summed E-state index contributed by atoms with van der Waals surface area (Å²) in [5, 5.41) is 38.0. The minimum atomic E-state index is -1.51. The molecule has 0 rings (SSSR count). The van der Waals surface area contributed by atoms with Crippen LogP contribution in [0, 0.1) is 0 Å². The Balaban J connectivity index is -0.0000000645.